The smallest absolute Gasteiger partial charge is 0.408 e. The van der Waals surface area contributed by atoms with Crippen LogP contribution in [0.1, 0.15) is 65.6 Å². The van der Waals surface area contributed by atoms with Crippen LogP contribution < -0.4 is 10.6 Å². The zero-order valence-electron chi connectivity index (χ0n) is 19.4. The molecule has 1 aromatic rings. The molecule has 0 aliphatic heterocycles. The lowest BCUT2D eigenvalue weighted by atomic mass is 9.99. The van der Waals surface area contributed by atoms with E-state index in [0.29, 0.717) is 5.56 Å². The molecule has 1 aromatic carbocycles. The molecule has 1 rings (SSSR count). The van der Waals surface area contributed by atoms with E-state index in [1.807, 2.05) is 26.8 Å². The van der Waals surface area contributed by atoms with Gasteiger partial charge in [-0.25, -0.2) is 4.79 Å². The molecule has 0 aromatic heterocycles. The van der Waals surface area contributed by atoms with E-state index in [4.69, 9.17) is 11.2 Å². The number of carbonyl (C=O) groups is 3. The van der Waals surface area contributed by atoms with Gasteiger partial charge in [-0.05, 0) is 65.7 Å². The van der Waals surface area contributed by atoms with E-state index in [-0.39, 0.29) is 0 Å². The van der Waals surface area contributed by atoms with Crippen LogP contribution in [0.15, 0.2) is 30.8 Å². The van der Waals surface area contributed by atoms with Crippen LogP contribution in [0.5, 0.6) is 0 Å². The Morgan fingerprint density at radius 2 is 1.81 bits per heavy atom. The summed E-state index contributed by atoms with van der Waals surface area (Å²) in [4.78, 5) is 39.4. The van der Waals surface area contributed by atoms with E-state index in [0.717, 1.165) is 10.5 Å². The Hall–Kier alpha value is -3.27. The van der Waals surface area contributed by atoms with Gasteiger partial charge in [0.15, 0.2) is 0 Å². The van der Waals surface area contributed by atoms with Gasteiger partial charge < -0.3 is 15.4 Å². The lowest BCUT2D eigenvalue weighted by Gasteiger charge is -2.31. The standard InChI is InChI=1S/C24H33N3O4/c1-10-17-13-12-14-18(15-17)19(20(28)26-23(4,5)6)27(11-2)21(29)16(3)25-22(30)31-24(7,8)9/h2,10,12-16,19H,1H2,3-9H3,(H,25,30)(H,26,28). The normalized spacial score (nSPS) is 13.2. The first-order chi connectivity index (χ1) is 14.2. The summed E-state index contributed by atoms with van der Waals surface area (Å²) in [5.74, 6) is -1.06. The average molecular weight is 428 g/mol. The van der Waals surface area contributed by atoms with Crippen molar-refractivity contribution in [3.05, 3.63) is 42.0 Å². The number of hydrogen-bond acceptors (Lipinski definition) is 4. The van der Waals surface area contributed by atoms with Gasteiger partial charge in [0.2, 0.25) is 5.91 Å². The van der Waals surface area contributed by atoms with Crippen LogP contribution in [0.2, 0.25) is 0 Å². The summed E-state index contributed by atoms with van der Waals surface area (Å²) >= 11 is 0. The highest BCUT2D eigenvalue weighted by atomic mass is 16.6. The average Bonchev–Trinajstić information content (AvgIpc) is 2.62. The van der Waals surface area contributed by atoms with Gasteiger partial charge in [0.25, 0.3) is 5.91 Å². The predicted molar refractivity (Wildman–Crippen MR) is 122 cm³/mol. The number of ether oxygens (including phenoxy) is 1. The first-order valence-electron chi connectivity index (χ1n) is 10.0. The van der Waals surface area contributed by atoms with Crippen LogP contribution >= 0.6 is 0 Å². The van der Waals surface area contributed by atoms with Crippen molar-refractivity contribution < 1.29 is 19.1 Å². The third-order valence-corrected chi connectivity index (χ3v) is 3.95. The third kappa shape index (κ3) is 8.17. The van der Waals surface area contributed by atoms with Crippen LogP contribution in [-0.4, -0.2) is 40.0 Å². The molecule has 2 N–H and O–H groups in total. The molecule has 31 heavy (non-hydrogen) atoms. The SMILES string of the molecule is C#CN(C(=O)C(C)NC(=O)OC(C)(C)C)C(C(=O)NC(C)(C)C)c1cccc(C=C)c1. The molecule has 0 radical (unpaired) electrons. The molecule has 0 saturated heterocycles. The molecule has 0 aliphatic rings. The molecule has 3 amide bonds. The Kier molecular flexibility index (Phi) is 8.45. The van der Waals surface area contributed by atoms with E-state index in [1.54, 1.807) is 45.0 Å². The fourth-order valence-electron chi connectivity index (χ4n) is 2.73. The lowest BCUT2D eigenvalue weighted by Crippen LogP contribution is -2.52. The van der Waals surface area contributed by atoms with Gasteiger partial charge in [0.05, 0.1) is 0 Å². The van der Waals surface area contributed by atoms with Gasteiger partial charge in [-0.1, -0.05) is 37.3 Å². The van der Waals surface area contributed by atoms with Gasteiger partial charge >= 0.3 is 6.09 Å². The van der Waals surface area contributed by atoms with Crippen molar-refractivity contribution in [1.29, 1.82) is 0 Å². The molecule has 0 saturated carbocycles. The first kappa shape index (κ1) is 25.8. The van der Waals surface area contributed by atoms with Gasteiger partial charge in [0.1, 0.15) is 17.7 Å². The fraction of sp³-hybridized carbons (Fsp3) is 0.458. The van der Waals surface area contributed by atoms with E-state index >= 15 is 0 Å². The maximum atomic E-state index is 13.2. The van der Waals surface area contributed by atoms with Crippen LogP contribution in [0.25, 0.3) is 6.08 Å². The maximum Gasteiger partial charge on any atom is 0.408 e. The Labute approximate surface area is 185 Å². The summed E-state index contributed by atoms with van der Waals surface area (Å²) in [6.07, 6.45) is 6.55. The summed E-state index contributed by atoms with van der Waals surface area (Å²) < 4.78 is 5.20. The zero-order chi connectivity index (χ0) is 24.0. The minimum atomic E-state index is -1.10. The third-order valence-electron chi connectivity index (χ3n) is 3.95. The topological polar surface area (TPSA) is 87.7 Å². The van der Waals surface area contributed by atoms with Crippen LogP contribution in [0.4, 0.5) is 4.79 Å². The number of terminal acetylenes is 1. The maximum absolute atomic E-state index is 13.2. The van der Waals surface area contributed by atoms with Crippen molar-refractivity contribution in [3.63, 3.8) is 0 Å². The molecular weight excluding hydrogens is 394 g/mol. The highest BCUT2D eigenvalue weighted by Crippen LogP contribution is 2.24. The number of benzene rings is 1. The largest absolute Gasteiger partial charge is 0.444 e. The van der Waals surface area contributed by atoms with Gasteiger partial charge in [-0.3, -0.25) is 14.5 Å². The predicted octanol–water partition coefficient (Wildman–Crippen LogP) is 3.62. The lowest BCUT2D eigenvalue weighted by molar-refractivity contribution is -0.138. The summed E-state index contributed by atoms with van der Waals surface area (Å²) in [7, 11) is 0. The summed E-state index contributed by atoms with van der Waals surface area (Å²) in [5.41, 5.74) is 0.0267. The van der Waals surface area contributed by atoms with E-state index in [2.05, 4.69) is 23.3 Å². The summed E-state index contributed by atoms with van der Waals surface area (Å²) in [6.45, 7) is 15.9. The second-order valence-electron chi connectivity index (χ2n) is 9.22. The minimum absolute atomic E-state index is 0.440. The van der Waals surface area contributed by atoms with Crippen molar-refractivity contribution in [1.82, 2.24) is 15.5 Å². The number of amides is 3. The number of alkyl carbamates (subject to hydrolysis) is 1. The van der Waals surface area contributed by atoms with Gasteiger partial charge in [-0.15, -0.1) is 0 Å². The highest BCUT2D eigenvalue weighted by Gasteiger charge is 2.35. The molecule has 7 nitrogen and oxygen atoms in total. The Bertz CT molecular complexity index is 872. The summed E-state index contributed by atoms with van der Waals surface area (Å²) in [5, 5.41) is 5.34. The van der Waals surface area contributed by atoms with Crippen molar-refractivity contribution in [2.45, 2.75) is 71.7 Å². The molecule has 0 heterocycles. The fourth-order valence-corrected chi connectivity index (χ4v) is 2.73. The van der Waals surface area contributed by atoms with Crippen molar-refractivity contribution >= 4 is 24.0 Å². The van der Waals surface area contributed by atoms with E-state index in [1.165, 1.54) is 6.92 Å². The van der Waals surface area contributed by atoms with Crippen molar-refractivity contribution in [2.24, 2.45) is 0 Å². The quantitative estimate of drug-likeness (QED) is 0.536. The second kappa shape index (κ2) is 10.2. The molecule has 0 fully saturated rings. The first-order valence-corrected chi connectivity index (χ1v) is 10.0. The van der Waals surface area contributed by atoms with E-state index < -0.39 is 41.1 Å². The van der Waals surface area contributed by atoms with Crippen molar-refractivity contribution in [2.75, 3.05) is 0 Å². The van der Waals surface area contributed by atoms with Gasteiger partial charge in [-0.2, -0.15) is 0 Å². The number of carbonyl (C=O) groups excluding carboxylic acids is 3. The number of hydrogen-bond donors (Lipinski definition) is 2. The van der Waals surface area contributed by atoms with E-state index in [9.17, 15) is 14.4 Å². The molecule has 0 aliphatic carbocycles. The second-order valence-corrected chi connectivity index (χ2v) is 9.22. The van der Waals surface area contributed by atoms with Crippen LogP contribution in [0, 0.1) is 12.5 Å². The minimum Gasteiger partial charge on any atom is -0.444 e. The molecule has 7 heteroatoms. The Morgan fingerprint density at radius 3 is 2.29 bits per heavy atom. The Morgan fingerprint density at radius 1 is 1.19 bits per heavy atom. The number of nitrogens with one attached hydrogen (secondary N) is 2. The zero-order valence-corrected chi connectivity index (χ0v) is 19.4. The number of rotatable bonds is 6. The molecule has 0 bridgehead atoms. The Balaban J connectivity index is 3.28. The van der Waals surface area contributed by atoms with Crippen LogP contribution in [-0.2, 0) is 14.3 Å². The molecule has 0 spiro atoms. The molecule has 2 atom stereocenters. The molecule has 168 valence electrons. The summed E-state index contributed by atoms with van der Waals surface area (Å²) in [6, 6.07) is 7.23. The monoisotopic (exact) mass is 427 g/mol. The van der Waals surface area contributed by atoms with Crippen LogP contribution in [0.3, 0.4) is 0 Å². The van der Waals surface area contributed by atoms with Crippen molar-refractivity contribution in [3.8, 4) is 12.5 Å². The number of nitrogens with zero attached hydrogens (tertiary/aromatic N) is 1. The molecule has 2 unspecified atom stereocenters. The molecular formula is C24H33N3O4. The van der Waals surface area contributed by atoms with Gasteiger partial charge in [0, 0.05) is 11.6 Å². The highest BCUT2D eigenvalue weighted by molar-refractivity contribution is 5.93.